The van der Waals surface area contributed by atoms with E-state index in [0.29, 0.717) is 30.2 Å². The first-order valence-electron chi connectivity index (χ1n) is 10.6. The summed E-state index contributed by atoms with van der Waals surface area (Å²) in [4.78, 5) is 30.1. The summed E-state index contributed by atoms with van der Waals surface area (Å²) in [5.74, 6) is 0.216. The molecule has 1 saturated heterocycles. The van der Waals surface area contributed by atoms with E-state index >= 15 is 0 Å². The predicted octanol–water partition coefficient (Wildman–Crippen LogP) is 1.89. The minimum absolute atomic E-state index is 0.262. The van der Waals surface area contributed by atoms with E-state index in [-0.39, 0.29) is 12.6 Å². The summed E-state index contributed by atoms with van der Waals surface area (Å²) in [6.45, 7) is 8.70. The quantitative estimate of drug-likeness (QED) is 0.661. The molecule has 1 aromatic rings. The van der Waals surface area contributed by atoms with Gasteiger partial charge in [0, 0.05) is 30.9 Å². The lowest BCUT2D eigenvalue weighted by Gasteiger charge is -2.32. The fraction of sp³-hybridized carbons (Fsp3) is 0.545. The van der Waals surface area contributed by atoms with Crippen molar-refractivity contribution < 1.29 is 19.1 Å². The monoisotopic (exact) mass is 416 g/mol. The SMILES string of the molecule is CCOC(=O)C1=C(CN2CCCN(C)CC2)NC(=O)N[C@H]1c1ccccc1OCC. The number of hydrogen-bond acceptors (Lipinski definition) is 6. The van der Waals surface area contributed by atoms with Crippen molar-refractivity contribution in [3.05, 3.63) is 41.1 Å². The van der Waals surface area contributed by atoms with Gasteiger partial charge in [0.1, 0.15) is 5.75 Å². The zero-order valence-electron chi connectivity index (χ0n) is 18.1. The number of urea groups is 1. The molecule has 1 atom stereocenters. The van der Waals surface area contributed by atoms with Crippen LogP contribution >= 0.6 is 0 Å². The fourth-order valence-corrected chi connectivity index (χ4v) is 3.91. The summed E-state index contributed by atoms with van der Waals surface area (Å²) in [6, 6.07) is 6.50. The highest BCUT2D eigenvalue weighted by Crippen LogP contribution is 2.34. The van der Waals surface area contributed by atoms with Crippen molar-refractivity contribution >= 4 is 12.0 Å². The smallest absolute Gasteiger partial charge is 0.338 e. The van der Waals surface area contributed by atoms with Crippen molar-refractivity contribution in [1.29, 1.82) is 0 Å². The van der Waals surface area contributed by atoms with Gasteiger partial charge in [-0.15, -0.1) is 0 Å². The molecule has 2 heterocycles. The lowest BCUT2D eigenvalue weighted by atomic mass is 9.94. The summed E-state index contributed by atoms with van der Waals surface area (Å²) in [5.41, 5.74) is 1.77. The van der Waals surface area contributed by atoms with Gasteiger partial charge in [-0.3, -0.25) is 4.90 Å². The molecule has 1 fully saturated rings. The number of carbonyl (C=O) groups is 2. The summed E-state index contributed by atoms with van der Waals surface area (Å²) in [5, 5.41) is 5.76. The average Bonchev–Trinajstić information content (AvgIpc) is 2.92. The Morgan fingerprint density at radius 3 is 2.70 bits per heavy atom. The van der Waals surface area contributed by atoms with Gasteiger partial charge < -0.3 is 25.0 Å². The van der Waals surface area contributed by atoms with Crippen molar-refractivity contribution in [3.63, 3.8) is 0 Å². The van der Waals surface area contributed by atoms with Crippen LogP contribution < -0.4 is 15.4 Å². The second kappa shape index (κ2) is 10.4. The molecule has 8 heteroatoms. The summed E-state index contributed by atoms with van der Waals surface area (Å²) >= 11 is 0. The number of rotatable bonds is 7. The van der Waals surface area contributed by atoms with E-state index in [9.17, 15) is 9.59 Å². The van der Waals surface area contributed by atoms with Crippen LogP contribution in [0.5, 0.6) is 5.75 Å². The van der Waals surface area contributed by atoms with Gasteiger partial charge in [0.25, 0.3) is 0 Å². The number of nitrogens with zero attached hydrogens (tertiary/aromatic N) is 2. The van der Waals surface area contributed by atoms with Crippen LogP contribution in [0.15, 0.2) is 35.5 Å². The summed E-state index contributed by atoms with van der Waals surface area (Å²) in [6.07, 6.45) is 1.04. The van der Waals surface area contributed by atoms with Crippen LogP contribution in [0, 0.1) is 0 Å². The molecule has 0 radical (unpaired) electrons. The maximum Gasteiger partial charge on any atom is 0.338 e. The topological polar surface area (TPSA) is 83.1 Å². The molecule has 0 unspecified atom stereocenters. The van der Waals surface area contributed by atoms with E-state index in [1.54, 1.807) is 6.92 Å². The molecule has 8 nitrogen and oxygen atoms in total. The molecule has 0 aliphatic carbocycles. The van der Waals surface area contributed by atoms with Gasteiger partial charge in [-0.2, -0.15) is 0 Å². The van der Waals surface area contributed by atoms with E-state index < -0.39 is 12.0 Å². The molecule has 2 aliphatic heterocycles. The molecule has 1 aromatic carbocycles. The number of ether oxygens (including phenoxy) is 2. The van der Waals surface area contributed by atoms with Crippen molar-refractivity contribution in [3.8, 4) is 5.75 Å². The van der Waals surface area contributed by atoms with Crippen LogP contribution in [0.2, 0.25) is 0 Å². The van der Waals surface area contributed by atoms with Gasteiger partial charge in [-0.1, -0.05) is 18.2 Å². The predicted molar refractivity (Wildman–Crippen MR) is 114 cm³/mol. The molecule has 0 saturated carbocycles. The number of hydrogen-bond donors (Lipinski definition) is 2. The number of benzene rings is 1. The third kappa shape index (κ3) is 5.31. The Morgan fingerprint density at radius 2 is 1.93 bits per heavy atom. The number of nitrogens with one attached hydrogen (secondary N) is 2. The van der Waals surface area contributed by atoms with E-state index in [0.717, 1.165) is 38.2 Å². The highest BCUT2D eigenvalue weighted by atomic mass is 16.5. The average molecular weight is 417 g/mol. The number of para-hydroxylation sites is 1. The first-order valence-corrected chi connectivity index (χ1v) is 10.6. The van der Waals surface area contributed by atoms with Gasteiger partial charge in [0.05, 0.1) is 24.8 Å². The van der Waals surface area contributed by atoms with E-state index in [1.165, 1.54) is 0 Å². The molecule has 0 bridgehead atoms. The number of amides is 2. The van der Waals surface area contributed by atoms with Crippen molar-refractivity contribution in [2.24, 2.45) is 0 Å². The second-order valence-corrected chi connectivity index (χ2v) is 7.55. The van der Waals surface area contributed by atoms with Crippen molar-refractivity contribution in [1.82, 2.24) is 20.4 Å². The molecule has 3 rings (SSSR count). The van der Waals surface area contributed by atoms with Gasteiger partial charge in [-0.05, 0) is 46.5 Å². The standard InChI is InChI=1S/C22H32N4O4/c1-4-29-18-10-7-6-9-16(18)20-19(21(27)30-5-2)17(23-22(28)24-20)15-26-12-8-11-25(3)13-14-26/h6-7,9-10,20H,4-5,8,11-15H2,1-3H3,(H2,23,24,28)/t20-/m0/s1. The Morgan fingerprint density at radius 1 is 1.13 bits per heavy atom. The van der Waals surface area contributed by atoms with Gasteiger partial charge >= 0.3 is 12.0 Å². The van der Waals surface area contributed by atoms with Crippen molar-refractivity contribution in [2.45, 2.75) is 26.3 Å². The molecule has 2 N–H and O–H groups in total. The number of esters is 1. The van der Waals surface area contributed by atoms with Crippen LogP contribution in [0.3, 0.4) is 0 Å². The molecule has 0 aromatic heterocycles. The molecular formula is C22H32N4O4. The van der Waals surface area contributed by atoms with Crippen LogP contribution in [0.4, 0.5) is 4.79 Å². The van der Waals surface area contributed by atoms with Gasteiger partial charge in [0.15, 0.2) is 0 Å². The molecule has 2 amide bonds. The maximum absolute atomic E-state index is 13.0. The zero-order valence-corrected chi connectivity index (χ0v) is 18.1. The van der Waals surface area contributed by atoms with Crippen LogP contribution in [-0.4, -0.2) is 74.8 Å². The Labute approximate surface area is 178 Å². The first kappa shape index (κ1) is 22.1. The van der Waals surface area contributed by atoms with Crippen molar-refractivity contribution in [2.75, 3.05) is 53.0 Å². The molecule has 2 aliphatic rings. The Kier molecular flexibility index (Phi) is 7.70. The third-order valence-corrected chi connectivity index (χ3v) is 5.37. The largest absolute Gasteiger partial charge is 0.494 e. The van der Waals surface area contributed by atoms with Crippen LogP contribution in [-0.2, 0) is 9.53 Å². The zero-order chi connectivity index (χ0) is 21.5. The normalized spacial score (nSPS) is 20.9. The number of likely N-dealkylation sites (N-methyl/N-ethyl adjacent to an activating group) is 1. The van der Waals surface area contributed by atoms with E-state index in [4.69, 9.17) is 9.47 Å². The Bertz CT molecular complexity index is 795. The molecular weight excluding hydrogens is 384 g/mol. The lowest BCUT2D eigenvalue weighted by molar-refractivity contribution is -0.139. The molecule has 164 valence electrons. The first-order chi connectivity index (χ1) is 14.5. The van der Waals surface area contributed by atoms with E-state index in [2.05, 4.69) is 27.5 Å². The van der Waals surface area contributed by atoms with Gasteiger partial charge in [-0.25, -0.2) is 9.59 Å². The minimum atomic E-state index is -0.634. The highest BCUT2D eigenvalue weighted by molar-refractivity contribution is 5.95. The third-order valence-electron chi connectivity index (χ3n) is 5.37. The van der Waals surface area contributed by atoms with E-state index in [1.807, 2.05) is 31.2 Å². The van der Waals surface area contributed by atoms with Crippen LogP contribution in [0.25, 0.3) is 0 Å². The molecule has 0 spiro atoms. The number of carbonyl (C=O) groups excluding carboxylic acids is 2. The minimum Gasteiger partial charge on any atom is -0.494 e. The Balaban J connectivity index is 1.99. The molecule has 30 heavy (non-hydrogen) atoms. The van der Waals surface area contributed by atoms with Crippen LogP contribution in [0.1, 0.15) is 31.9 Å². The highest BCUT2D eigenvalue weighted by Gasteiger charge is 2.35. The summed E-state index contributed by atoms with van der Waals surface area (Å²) < 4.78 is 11.1. The fourth-order valence-electron chi connectivity index (χ4n) is 3.91. The lowest BCUT2D eigenvalue weighted by Crippen LogP contribution is -2.48. The second-order valence-electron chi connectivity index (χ2n) is 7.55. The maximum atomic E-state index is 13.0. The Hall–Kier alpha value is -2.58. The van der Waals surface area contributed by atoms with Gasteiger partial charge in [0.2, 0.25) is 0 Å². The summed E-state index contributed by atoms with van der Waals surface area (Å²) in [7, 11) is 2.11.